The van der Waals surface area contributed by atoms with Gasteiger partial charge >= 0.3 is 0 Å². The average molecular weight is 374 g/mol. The molecule has 1 aromatic heterocycles. The Balaban J connectivity index is 2.37. The number of amides is 1. The lowest BCUT2D eigenvalue weighted by atomic mass is 10.2. The number of nitrogens with zero attached hydrogens (tertiary/aromatic N) is 2. The number of sulfonamides is 1. The molecule has 9 heteroatoms. The van der Waals surface area contributed by atoms with E-state index >= 15 is 0 Å². The van der Waals surface area contributed by atoms with Gasteiger partial charge in [0.1, 0.15) is 4.90 Å². The number of anilines is 1. The van der Waals surface area contributed by atoms with Gasteiger partial charge in [-0.15, -0.1) is 11.3 Å². The Morgan fingerprint density at radius 3 is 2.61 bits per heavy atom. The number of hydrogen-bond acceptors (Lipinski definition) is 5. The smallest absolute Gasteiger partial charge is 0.257 e. The lowest BCUT2D eigenvalue weighted by Gasteiger charge is -2.19. The molecule has 2 rings (SSSR count). The highest BCUT2D eigenvalue weighted by Gasteiger charge is 2.25. The van der Waals surface area contributed by atoms with Gasteiger partial charge in [-0.1, -0.05) is 25.4 Å². The van der Waals surface area contributed by atoms with Crippen molar-refractivity contribution < 1.29 is 13.2 Å². The monoisotopic (exact) mass is 373 g/mol. The normalized spacial score (nSPS) is 11.7. The SMILES string of the molecule is CCN(CC)S(=O)(=O)c1cc(C(=O)Nc2nccs2)ccc1Cl. The van der Waals surface area contributed by atoms with Crippen molar-refractivity contribution in [1.82, 2.24) is 9.29 Å². The van der Waals surface area contributed by atoms with E-state index in [2.05, 4.69) is 10.3 Å². The minimum atomic E-state index is -3.74. The second-order valence-corrected chi connectivity index (χ2v) is 7.73. The van der Waals surface area contributed by atoms with E-state index in [1.165, 1.54) is 33.8 Å². The van der Waals surface area contributed by atoms with Crippen LogP contribution >= 0.6 is 22.9 Å². The molecule has 0 aliphatic heterocycles. The number of carbonyl (C=O) groups is 1. The van der Waals surface area contributed by atoms with Gasteiger partial charge in [-0.25, -0.2) is 13.4 Å². The highest BCUT2D eigenvalue weighted by Crippen LogP contribution is 2.26. The lowest BCUT2D eigenvalue weighted by molar-refractivity contribution is 0.102. The van der Waals surface area contributed by atoms with Gasteiger partial charge in [0, 0.05) is 30.2 Å². The van der Waals surface area contributed by atoms with E-state index < -0.39 is 15.9 Å². The van der Waals surface area contributed by atoms with E-state index in [0.29, 0.717) is 18.2 Å². The van der Waals surface area contributed by atoms with E-state index in [-0.39, 0.29) is 15.5 Å². The fraction of sp³-hybridized carbons (Fsp3) is 0.286. The third kappa shape index (κ3) is 3.89. The van der Waals surface area contributed by atoms with E-state index in [1.54, 1.807) is 25.4 Å². The molecule has 0 atom stereocenters. The number of benzene rings is 1. The molecule has 6 nitrogen and oxygen atoms in total. The molecule has 1 aromatic carbocycles. The Kier molecular flexibility index (Phi) is 5.74. The second-order valence-electron chi connectivity index (χ2n) is 4.53. The largest absolute Gasteiger partial charge is 0.298 e. The third-order valence-electron chi connectivity index (χ3n) is 3.17. The maximum Gasteiger partial charge on any atom is 0.257 e. The molecule has 0 aliphatic carbocycles. The number of aromatic nitrogens is 1. The Hall–Kier alpha value is -1.48. The Morgan fingerprint density at radius 1 is 1.35 bits per heavy atom. The second kappa shape index (κ2) is 7.39. The summed E-state index contributed by atoms with van der Waals surface area (Å²) in [5.41, 5.74) is 0.204. The van der Waals surface area contributed by atoms with Crippen molar-refractivity contribution in [3.05, 3.63) is 40.4 Å². The van der Waals surface area contributed by atoms with E-state index in [1.807, 2.05) is 0 Å². The summed E-state index contributed by atoms with van der Waals surface area (Å²) in [6.45, 7) is 4.14. The molecular weight excluding hydrogens is 358 g/mol. The van der Waals surface area contributed by atoms with Crippen LogP contribution in [0.25, 0.3) is 0 Å². The van der Waals surface area contributed by atoms with Crippen molar-refractivity contribution in [2.75, 3.05) is 18.4 Å². The summed E-state index contributed by atoms with van der Waals surface area (Å²) < 4.78 is 26.5. The minimum absolute atomic E-state index is 0.0744. The quantitative estimate of drug-likeness (QED) is 0.843. The van der Waals surface area contributed by atoms with Crippen molar-refractivity contribution in [2.24, 2.45) is 0 Å². The number of nitrogens with one attached hydrogen (secondary N) is 1. The maximum atomic E-state index is 12.6. The zero-order valence-corrected chi connectivity index (χ0v) is 15.0. The summed E-state index contributed by atoms with van der Waals surface area (Å²) in [5.74, 6) is -0.437. The molecule has 0 bridgehead atoms. The molecule has 0 aliphatic rings. The van der Waals surface area contributed by atoms with Crippen LogP contribution in [0.15, 0.2) is 34.7 Å². The van der Waals surface area contributed by atoms with Gasteiger partial charge in [0.15, 0.2) is 5.13 Å². The third-order valence-corrected chi connectivity index (χ3v) is 6.39. The lowest BCUT2D eigenvalue weighted by Crippen LogP contribution is -2.31. The zero-order chi connectivity index (χ0) is 17.0. The van der Waals surface area contributed by atoms with E-state index in [4.69, 9.17) is 11.6 Å². The van der Waals surface area contributed by atoms with Crippen LogP contribution in [0.1, 0.15) is 24.2 Å². The van der Waals surface area contributed by atoms with E-state index in [9.17, 15) is 13.2 Å². The van der Waals surface area contributed by atoms with E-state index in [0.717, 1.165) is 0 Å². The summed E-state index contributed by atoms with van der Waals surface area (Å²) in [6.07, 6.45) is 1.57. The summed E-state index contributed by atoms with van der Waals surface area (Å²) >= 11 is 7.31. The maximum absolute atomic E-state index is 12.6. The topological polar surface area (TPSA) is 79.4 Å². The number of rotatable bonds is 6. The molecule has 0 unspecified atom stereocenters. The van der Waals surface area contributed by atoms with Gasteiger partial charge in [0.25, 0.3) is 5.91 Å². The molecule has 0 saturated carbocycles. The van der Waals surface area contributed by atoms with Crippen molar-refractivity contribution >= 4 is 44.0 Å². The molecule has 124 valence electrons. The number of hydrogen-bond donors (Lipinski definition) is 1. The predicted molar refractivity (Wildman–Crippen MR) is 91.6 cm³/mol. The first kappa shape index (κ1) is 17.9. The summed E-state index contributed by atoms with van der Waals surface area (Å²) in [5, 5.41) is 4.87. The van der Waals surface area contributed by atoms with Crippen LogP contribution in [0.5, 0.6) is 0 Å². The van der Waals surface area contributed by atoms with Crippen molar-refractivity contribution in [2.45, 2.75) is 18.7 Å². The molecular formula is C14H16ClN3O3S2. The minimum Gasteiger partial charge on any atom is -0.298 e. The standard InChI is InChI=1S/C14H16ClN3O3S2/c1-3-18(4-2)23(20,21)12-9-10(5-6-11(12)15)13(19)17-14-16-7-8-22-14/h5-9H,3-4H2,1-2H3,(H,16,17,19). The van der Waals surface area contributed by atoms with Crippen LogP contribution in [0.2, 0.25) is 5.02 Å². The number of thiazole rings is 1. The fourth-order valence-electron chi connectivity index (χ4n) is 2.00. The summed E-state index contributed by atoms with van der Waals surface area (Å²) in [6, 6.07) is 4.18. The summed E-state index contributed by atoms with van der Waals surface area (Å²) in [7, 11) is -3.74. The highest BCUT2D eigenvalue weighted by molar-refractivity contribution is 7.89. The molecule has 1 N–H and O–H groups in total. The first-order valence-corrected chi connectivity index (χ1v) is 9.60. The van der Waals surface area contributed by atoms with Crippen LogP contribution < -0.4 is 5.32 Å². The van der Waals surface area contributed by atoms with Gasteiger partial charge in [0.05, 0.1) is 5.02 Å². The molecule has 2 aromatic rings. The average Bonchev–Trinajstić information content (AvgIpc) is 3.01. The van der Waals surface area contributed by atoms with Crippen molar-refractivity contribution in [3.63, 3.8) is 0 Å². The molecule has 23 heavy (non-hydrogen) atoms. The van der Waals surface area contributed by atoms with Gasteiger partial charge in [0.2, 0.25) is 10.0 Å². The van der Waals surface area contributed by atoms with Crippen molar-refractivity contribution in [1.29, 1.82) is 0 Å². The Labute approximate surface area is 144 Å². The highest BCUT2D eigenvalue weighted by atomic mass is 35.5. The molecule has 1 amide bonds. The molecule has 0 fully saturated rings. The summed E-state index contributed by atoms with van der Waals surface area (Å²) in [4.78, 5) is 16.1. The van der Waals surface area contributed by atoms with Crippen molar-refractivity contribution in [3.8, 4) is 0 Å². The first-order chi connectivity index (χ1) is 10.9. The fourth-order valence-corrected chi connectivity index (χ4v) is 4.48. The van der Waals surface area contributed by atoms with Crippen LogP contribution in [0.3, 0.4) is 0 Å². The molecule has 0 radical (unpaired) electrons. The van der Waals surface area contributed by atoms with Gasteiger partial charge in [-0.3, -0.25) is 10.1 Å². The number of carbonyl (C=O) groups excluding carboxylic acids is 1. The van der Waals surface area contributed by atoms with Crippen LogP contribution in [0, 0.1) is 0 Å². The van der Waals surface area contributed by atoms with Gasteiger partial charge in [-0.05, 0) is 18.2 Å². The van der Waals surface area contributed by atoms with Crippen LogP contribution in [-0.2, 0) is 10.0 Å². The number of halogens is 1. The zero-order valence-electron chi connectivity index (χ0n) is 12.6. The van der Waals surface area contributed by atoms with Gasteiger partial charge in [-0.2, -0.15) is 4.31 Å². The molecule has 0 spiro atoms. The van der Waals surface area contributed by atoms with Gasteiger partial charge < -0.3 is 0 Å². The predicted octanol–water partition coefficient (Wildman–Crippen LogP) is 3.08. The van der Waals surface area contributed by atoms with Crippen LogP contribution in [-0.4, -0.2) is 36.7 Å². The first-order valence-electron chi connectivity index (χ1n) is 6.90. The molecule has 1 heterocycles. The Morgan fingerprint density at radius 2 is 2.04 bits per heavy atom. The van der Waals surface area contributed by atoms with Crippen LogP contribution in [0.4, 0.5) is 5.13 Å². The molecule has 0 saturated heterocycles. The Bertz CT molecular complexity index is 788.